The Balaban J connectivity index is 1.33. The summed E-state index contributed by atoms with van der Waals surface area (Å²) in [5.41, 5.74) is 1.43. The lowest BCUT2D eigenvalue weighted by Gasteiger charge is -2.19. The van der Waals surface area contributed by atoms with Crippen LogP contribution < -0.4 is 5.32 Å². The molecule has 2 aliphatic rings. The first-order valence-corrected chi connectivity index (χ1v) is 8.62. The standard InChI is InChI=1S/C18H22FN3O/c19-12-5-7-15-16(10-12)21-17(20-15)8-9-18(23)22-14-6-4-11-2-1-3-13(11)14/h5,7,10-11,13-14H,1-4,6,8-9H2,(H,20,21)(H,22,23). The minimum atomic E-state index is -0.280. The van der Waals surface area contributed by atoms with E-state index >= 15 is 0 Å². The van der Waals surface area contributed by atoms with E-state index in [1.54, 1.807) is 6.07 Å². The lowest BCUT2D eigenvalue weighted by molar-refractivity contribution is -0.122. The number of aromatic nitrogens is 2. The summed E-state index contributed by atoms with van der Waals surface area (Å²) in [5, 5.41) is 3.22. The van der Waals surface area contributed by atoms with Gasteiger partial charge in [-0.2, -0.15) is 0 Å². The SMILES string of the molecule is O=C(CCc1nc2ccc(F)cc2[nH]1)NC1CCC2CCCC21. The smallest absolute Gasteiger partial charge is 0.220 e. The van der Waals surface area contributed by atoms with E-state index in [2.05, 4.69) is 15.3 Å². The molecule has 2 aromatic rings. The number of fused-ring (bicyclic) bond motifs is 2. The van der Waals surface area contributed by atoms with E-state index in [0.29, 0.717) is 30.3 Å². The Morgan fingerprint density at radius 2 is 2.22 bits per heavy atom. The molecule has 5 heteroatoms. The molecule has 2 N–H and O–H groups in total. The van der Waals surface area contributed by atoms with Crippen molar-refractivity contribution < 1.29 is 9.18 Å². The number of H-pyrrole nitrogens is 1. The molecule has 0 aliphatic heterocycles. The van der Waals surface area contributed by atoms with Crippen LogP contribution in [-0.2, 0) is 11.2 Å². The average molecular weight is 315 g/mol. The number of hydrogen-bond acceptors (Lipinski definition) is 2. The lowest BCUT2D eigenvalue weighted by atomic mass is 9.97. The van der Waals surface area contributed by atoms with Crippen molar-refractivity contribution in [2.75, 3.05) is 0 Å². The Bertz CT molecular complexity index is 726. The van der Waals surface area contributed by atoms with E-state index < -0.39 is 0 Å². The molecule has 1 aromatic carbocycles. The topological polar surface area (TPSA) is 57.8 Å². The van der Waals surface area contributed by atoms with Gasteiger partial charge in [-0.15, -0.1) is 0 Å². The number of benzene rings is 1. The van der Waals surface area contributed by atoms with Crippen LogP contribution in [0.3, 0.4) is 0 Å². The van der Waals surface area contributed by atoms with Crippen molar-refractivity contribution in [1.82, 2.24) is 15.3 Å². The third kappa shape index (κ3) is 2.96. The van der Waals surface area contributed by atoms with E-state index in [-0.39, 0.29) is 11.7 Å². The number of hydrogen-bond donors (Lipinski definition) is 2. The summed E-state index contributed by atoms with van der Waals surface area (Å²) in [7, 11) is 0. The van der Waals surface area contributed by atoms with Crippen molar-refractivity contribution >= 4 is 16.9 Å². The van der Waals surface area contributed by atoms with Crippen LogP contribution >= 0.6 is 0 Å². The van der Waals surface area contributed by atoms with Gasteiger partial charge in [0, 0.05) is 18.9 Å². The second-order valence-electron chi connectivity index (χ2n) is 6.95. The molecule has 0 bridgehead atoms. The Morgan fingerprint density at radius 3 is 3.13 bits per heavy atom. The van der Waals surface area contributed by atoms with Gasteiger partial charge in [-0.1, -0.05) is 12.8 Å². The van der Waals surface area contributed by atoms with Crippen LogP contribution in [0.5, 0.6) is 0 Å². The van der Waals surface area contributed by atoms with E-state index in [0.717, 1.165) is 23.7 Å². The molecule has 2 saturated carbocycles. The van der Waals surface area contributed by atoms with Crippen LogP contribution in [0, 0.1) is 17.7 Å². The second kappa shape index (κ2) is 5.95. The number of halogens is 1. The van der Waals surface area contributed by atoms with Crippen LogP contribution in [0.1, 0.15) is 44.3 Å². The van der Waals surface area contributed by atoms with Crippen molar-refractivity contribution in [1.29, 1.82) is 0 Å². The quantitative estimate of drug-likeness (QED) is 0.909. The Labute approximate surface area is 134 Å². The van der Waals surface area contributed by atoms with Crippen LogP contribution in [0.2, 0.25) is 0 Å². The van der Waals surface area contributed by atoms with E-state index in [1.807, 2.05) is 0 Å². The van der Waals surface area contributed by atoms with Crippen LogP contribution in [0.15, 0.2) is 18.2 Å². The number of nitrogens with one attached hydrogen (secondary N) is 2. The number of aryl methyl sites for hydroxylation is 1. The molecule has 23 heavy (non-hydrogen) atoms. The number of carbonyl (C=O) groups excluding carboxylic acids is 1. The van der Waals surface area contributed by atoms with Crippen molar-refractivity contribution in [2.45, 2.75) is 51.0 Å². The molecule has 1 heterocycles. The molecule has 4 nitrogen and oxygen atoms in total. The van der Waals surface area contributed by atoms with E-state index in [1.165, 1.54) is 37.8 Å². The zero-order valence-electron chi connectivity index (χ0n) is 13.1. The fourth-order valence-electron chi connectivity index (χ4n) is 4.40. The summed E-state index contributed by atoms with van der Waals surface area (Å²) >= 11 is 0. The van der Waals surface area contributed by atoms with Gasteiger partial charge in [0.25, 0.3) is 0 Å². The van der Waals surface area contributed by atoms with Gasteiger partial charge in [0.05, 0.1) is 11.0 Å². The molecular weight excluding hydrogens is 293 g/mol. The Hall–Kier alpha value is -1.91. The monoisotopic (exact) mass is 315 g/mol. The minimum Gasteiger partial charge on any atom is -0.353 e. The average Bonchev–Trinajstić information content (AvgIpc) is 3.21. The first kappa shape index (κ1) is 14.7. The molecule has 0 radical (unpaired) electrons. The zero-order valence-corrected chi connectivity index (χ0v) is 13.1. The minimum absolute atomic E-state index is 0.106. The largest absolute Gasteiger partial charge is 0.353 e. The highest BCUT2D eigenvalue weighted by molar-refractivity contribution is 5.77. The van der Waals surface area contributed by atoms with Gasteiger partial charge in [0.1, 0.15) is 11.6 Å². The molecule has 2 fully saturated rings. The van der Waals surface area contributed by atoms with Gasteiger partial charge in [-0.25, -0.2) is 9.37 Å². The van der Waals surface area contributed by atoms with Gasteiger partial charge in [-0.3, -0.25) is 4.79 Å². The summed E-state index contributed by atoms with van der Waals surface area (Å²) in [5.74, 6) is 2.11. The Morgan fingerprint density at radius 1 is 1.30 bits per heavy atom. The predicted octanol–water partition coefficient (Wildman–Crippen LogP) is 3.33. The van der Waals surface area contributed by atoms with Gasteiger partial charge in [0.2, 0.25) is 5.91 Å². The molecule has 1 aromatic heterocycles. The summed E-state index contributed by atoms with van der Waals surface area (Å²) < 4.78 is 13.2. The van der Waals surface area contributed by atoms with Gasteiger partial charge < -0.3 is 10.3 Å². The number of imidazole rings is 1. The molecule has 0 spiro atoms. The first-order chi connectivity index (χ1) is 11.2. The molecule has 3 atom stereocenters. The predicted molar refractivity (Wildman–Crippen MR) is 86.4 cm³/mol. The fourth-order valence-corrected chi connectivity index (χ4v) is 4.40. The summed E-state index contributed by atoms with van der Waals surface area (Å²) in [6.07, 6.45) is 7.31. The molecule has 0 saturated heterocycles. The molecule has 122 valence electrons. The second-order valence-corrected chi connectivity index (χ2v) is 6.95. The van der Waals surface area contributed by atoms with Crippen molar-refractivity contribution in [3.63, 3.8) is 0 Å². The first-order valence-electron chi connectivity index (χ1n) is 8.62. The van der Waals surface area contributed by atoms with Gasteiger partial charge >= 0.3 is 0 Å². The van der Waals surface area contributed by atoms with Crippen molar-refractivity contribution in [2.24, 2.45) is 11.8 Å². The maximum absolute atomic E-state index is 13.2. The fraction of sp³-hybridized carbons (Fsp3) is 0.556. The van der Waals surface area contributed by atoms with Crippen LogP contribution in [-0.4, -0.2) is 21.9 Å². The molecule has 1 amide bonds. The molecule has 2 aliphatic carbocycles. The summed E-state index contributed by atoms with van der Waals surface area (Å²) in [6, 6.07) is 4.87. The number of aromatic amines is 1. The van der Waals surface area contributed by atoms with E-state index in [9.17, 15) is 9.18 Å². The maximum atomic E-state index is 13.2. The highest BCUT2D eigenvalue weighted by atomic mass is 19.1. The van der Waals surface area contributed by atoms with Gasteiger partial charge in [-0.05, 0) is 49.3 Å². The molecule has 4 rings (SSSR count). The Kier molecular flexibility index (Phi) is 3.79. The lowest BCUT2D eigenvalue weighted by Crippen LogP contribution is -2.37. The van der Waals surface area contributed by atoms with Crippen LogP contribution in [0.4, 0.5) is 4.39 Å². The highest BCUT2D eigenvalue weighted by Gasteiger charge is 2.39. The summed E-state index contributed by atoms with van der Waals surface area (Å²) in [4.78, 5) is 19.7. The van der Waals surface area contributed by atoms with Crippen LogP contribution in [0.25, 0.3) is 11.0 Å². The number of rotatable bonds is 4. The van der Waals surface area contributed by atoms with Crippen molar-refractivity contribution in [3.8, 4) is 0 Å². The van der Waals surface area contributed by atoms with Crippen molar-refractivity contribution in [3.05, 3.63) is 29.8 Å². The highest BCUT2D eigenvalue weighted by Crippen LogP contribution is 2.43. The third-order valence-electron chi connectivity index (χ3n) is 5.51. The molecule has 3 unspecified atom stereocenters. The maximum Gasteiger partial charge on any atom is 0.220 e. The normalized spacial score (nSPS) is 26.6. The number of nitrogens with zero attached hydrogens (tertiary/aromatic N) is 1. The molecular formula is C18H22FN3O. The third-order valence-corrected chi connectivity index (χ3v) is 5.51. The summed E-state index contributed by atoms with van der Waals surface area (Å²) in [6.45, 7) is 0. The number of amides is 1. The van der Waals surface area contributed by atoms with E-state index in [4.69, 9.17) is 0 Å². The van der Waals surface area contributed by atoms with Gasteiger partial charge in [0.15, 0.2) is 0 Å². The number of carbonyl (C=O) groups is 1. The zero-order chi connectivity index (χ0) is 15.8.